The van der Waals surface area contributed by atoms with E-state index in [0.29, 0.717) is 0 Å². The van der Waals surface area contributed by atoms with Crippen LogP contribution in [0.4, 0.5) is 0 Å². The Morgan fingerprint density at radius 2 is 1.42 bits per heavy atom. The fourth-order valence-corrected chi connectivity index (χ4v) is 2.75. The molecule has 0 rings (SSSR count). The molecule has 0 N–H and O–H groups in total. The van der Waals surface area contributed by atoms with Crippen LogP contribution >= 0.6 is 11.6 Å². The minimum Gasteiger partial charge on any atom is -0.465 e. The zero-order valence-electron chi connectivity index (χ0n) is 15.9. The quantitative estimate of drug-likeness (QED) is 0.250. The summed E-state index contributed by atoms with van der Waals surface area (Å²) in [6, 6.07) is -0.152. The Labute approximate surface area is 151 Å². The smallest absolute Gasteiger partial charge is 0.328 e. The Bertz CT molecular complexity index is 401. The number of alkyl halides is 1. The topological polar surface area (TPSA) is 71.1 Å². The van der Waals surface area contributed by atoms with Gasteiger partial charge in [0.1, 0.15) is 6.07 Å². The molecule has 6 nitrogen and oxygen atoms in total. The molecule has 24 heavy (non-hydrogen) atoms. The third-order valence-corrected chi connectivity index (χ3v) is 8.88. The minimum absolute atomic E-state index is 0.0740. The lowest BCUT2D eigenvalue weighted by molar-refractivity contribution is -0.179. The Morgan fingerprint density at radius 1 is 0.958 bits per heavy atom. The molecule has 0 aliphatic rings. The number of hydrogen-bond acceptors (Lipinski definition) is 6. The first-order valence-electron chi connectivity index (χ1n) is 8.10. The van der Waals surface area contributed by atoms with Crippen molar-refractivity contribution in [3.8, 4) is 0 Å². The van der Waals surface area contributed by atoms with Crippen molar-refractivity contribution in [2.45, 2.75) is 52.8 Å². The number of rotatable bonds is 10. The summed E-state index contributed by atoms with van der Waals surface area (Å²) in [6.45, 7) is 13.5. The van der Waals surface area contributed by atoms with Crippen molar-refractivity contribution in [1.29, 1.82) is 0 Å². The molecule has 0 aromatic carbocycles. The van der Waals surface area contributed by atoms with Gasteiger partial charge in [-0.1, -0.05) is 32.4 Å². The van der Waals surface area contributed by atoms with E-state index in [-0.39, 0.29) is 37.5 Å². The van der Waals surface area contributed by atoms with Gasteiger partial charge in [-0.15, -0.1) is 0 Å². The molecule has 0 atom stereocenters. The first-order valence-corrected chi connectivity index (χ1v) is 11.5. The first kappa shape index (κ1) is 23.4. The van der Waals surface area contributed by atoms with Crippen LogP contribution in [0.5, 0.6) is 0 Å². The van der Waals surface area contributed by atoms with Gasteiger partial charge in [0.2, 0.25) is 5.41 Å². The Balaban J connectivity index is 5.62. The Morgan fingerprint density at radius 3 is 1.75 bits per heavy atom. The van der Waals surface area contributed by atoms with E-state index >= 15 is 0 Å². The van der Waals surface area contributed by atoms with Crippen LogP contribution in [0, 0.1) is 5.41 Å². The molecule has 0 unspecified atom stereocenters. The molecule has 0 amide bonds. The molecule has 0 spiro atoms. The number of carbonyl (C=O) groups is 2. The molecule has 0 saturated carbocycles. The monoisotopic (exact) mass is 382 g/mol. The summed E-state index contributed by atoms with van der Waals surface area (Å²) in [5.41, 5.74) is -1.67. The molecular weight excluding hydrogens is 352 g/mol. The van der Waals surface area contributed by atoms with E-state index in [1.807, 2.05) is 13.1 Å². The van der Waals surface area contributed by atoms with Crippen molar-refractivity contribution in [2.75, 3.05) is 32.5 Å². The van der Waals surface area contributed by atoms with Crippen LogP contribution in [0.1, 0.15) is 34.6 Å². The van der Waals surface area contributed by atoms with E-state index in [4.69, 9.17) is 30.2 Å². The molecule has 0 aliphatic heterocycles. The predicted molar refractivity (Wildman–Crippen MR) is 95.5 cm³/mol. The highest BCUT2D eigenvalue weighted by molar-refractivity contribution is 6.74. The molecule has 0 saturated heterocycles. The lowest BCUT2D eigenvalue weighted by Gasteiger charge is -2.39. The highest BCUT2D eigenvalue weighted by Crippen LogP contribution is 2.38. The van der Waals surface area contributed by atoms with Crippen LogP contribution in [-0.2, 0) is 28.2 Å². The standard InChI is InChI=1S/C16H31ClO6Si/c1-8-21-13(18)16(10-20-12-17,14(19)22-9-2)11-23-24(6,7)15(3,4)5/h8-12H2,1-7H3. The second-order valence-corrected chi connectivity index (χ2v) is 12.1. The molecule has 0 radical (unpaired) electrons. The number of carbonyl (C=O) groups excluding carboxylic acids is 2. The number of ether oxygens (including phenoxy) is 3. The van der Waals surface area contributed by atoms with Crippen molar-refractivity contribution in [3.63, 3.8) is 0 Å². The van der Waals surface area contributed by atoms with Gasteiger partial charge in [0.15, 0.2) is 8.32 Å². The van der Waals surface area contributed by atoms with E-state index in [1.54, 1.807) is 13.8 Å². The van der Waals surface area contributed by atoms with Gasteiger partial charge in [0, 0.05) is 0 Å². The average Bonchev–Trinajstić information content (AvgIpc) is 2.47. The van der Waals surface area contributed by atoms with Crippen LogP contribution in [0.25, 0.3) is 0 Å². The maximum absolute atomic E-state index is 12.5. The first-order chi connectivity index (χ1) is 11.0. The van der Waals surface area contributed by atoms with Crippen LogP contribution in [0.3, 0.4) is 0 Å². The normalized spacial score (nSPS) is 12.8. The summed E-state index contributed by atoms with van der Waals surface area (Å²) < 4.78 is 21.5. The zero-order valence-corrected chi connectivity index (χ0v) is 17.6. The average molecular weight is 383 g/mol. The van der Waals surface area contributed by atoms with Crippen LogP contribution in [0.15, 0.2) is 0 Å². The molecule has 142 valence electrons. The van der Waals surface area contributed by atoms with Crippen molar-refractivity contribution in [1.82, 2.24) is 0 Å². The number of hydrogen-bond donors (Lipinski definition) is 0. The van der Waals surface area contributed by atoms with E-state index in [1.165, 1.54) is 0 Å². The second kappa shape index (κ2) is 9.75. The van der Waals surface area contributed by atoms with Gasteiger partial charge in [-0.25, -0.2) is 0 Å². The number of esters is 2. The summed E-state index contributed by atoms with van der Waals surface area (Å²) in [4.78, 5) is 25.1. The van der Waals surface area contributed by atoms with Gasteiger partial charge in [-0.2, -0.15) is 0 Å². The van der Waals surface area contributed by atoms with Crippen molar-refractivity contribution in [2.24, 2.45) is 5.41 Å². The molecule has 0 fully saturated rings. The van der Waals surface area contributed by atoms with E-state index in [9.17, 15) is 9.59 Å². The van der Waals surface area contributed by atoms with Crippen LogP contribution < -0.4 is 0 Å². The van der Waals surface area contributed by atoms with Gasteiger partial charge in [-0.05, 0) is 32.0 Å². The number of halogens is 1. The van der Waals surface area contributed by atoms with Crippen LogP contribution in [0.2, 0.25) is 18.1 Å². The summed E-state index contributed by atoms with van der Waals surface area (Å²) in [7, 11) is -2.20. The fourth-order valence-electron chi connectivity index (χ4n) is 1.63. The summed E-state index contributed by atoms with van der Waals surface area (Å²) in [5, 5.41) is -0.0740. The van der Waals surface area contributed by atoms with Gasteiger partial charge < -0.3 is 18.6 Å². The molecule has 0 aromatic heterocycles. The highest BCUT2D eigenvalue weighted by Gasteiger charge is 2.52. The molecule has 0 aromatic rings. The lowest BCUT2D eigenvalue weighted by atomic mass is 9.90. The van der Waals surface area contributed by atoms with Crippen molar-refractivity contribution >= 4 is 31.9 Å². The second-order valence-electron chi connectivity index (χ2n) is 7.03. The van der Waals surface area contributed by atoms with Crippen LogP contribution in [-0.4, -0.2) is 52.7 Å². The van der Waals surface area contributed by atoms with E-state index in [0.717, 1.165) is 0 Å². The summed E-state index contributed by atoms with van der Waals surface area (Å²) in [6.07, 6.45) is 0. The maximum Gasteiger partial charge on any atom is 0.328 e. The molecule has 0 heterocycles. The lowest BCUT2D eigenvalue weighted by Crippen LogP contribution is -2.53. The maximum atomic E-state index is 12.5. The SMILES string of the molecule is CCOC(=O)C(COCCl)(CO[Si](C)(C)C(C)(C)C)C(=O)OCC. The Hall–Kier alpha value is -0.633. The summed E-state index contributed by atoms with van der Waals surface area (Å²) in [5.74, 6) is -1.43. The largest absolute Gasteiger partial charge is 0.465 e. The third-order valence-electron chi connectivity index (χ3n) is 4.24. The summed E-state index contributed by atoms with van der Waals surface area (Å²) >= 11 is 5.58. The third kappa shape index (κ3) is 6.02. The zero-order chi connectivity index (χ0) is 19.0. The highest BCUT2D eigenvalue weighted by atomic mass is 35.5. The van der Waals surface area contributed by atoms with Gasteiger partial charge >= 0.3 is 11.9 Å². The molecule has 0 aliphatic carbocycles. The van der Waals surface area contributed by atoms with Gasteiger partial charge in [0.05, 0.1) is 26.4 Å². The molecular formula is C16H31ClO6Si. The van der Waals surface area contributed by atoms with E-state index in [2.05, 4.69) is 20.8 Å². The van der Waals surface area contributed by atoms with Crippen molar-refractivity contribution in [3.05, 3.63) is 0 Å². The van der Waals surface area contributed by atoms with Crippen molar-refractivity contribution < 1.29 is 28.2 Å². The Kier molecular flexibility index (Phi) is 9.49. The predicted octanol–water partition coefficient (Wildman–Crippen LogP) is 3.33. The minimum atomic E-state index is -2.20. The van der Waals surface area contributed by atoms with E-state index < -0.39 is 25.7 Å². The fraction of sp³-hybridized carbons (Fsp3) is 0.875. The molecule has 8 heteroatoms. The van der Waals surface area contributed by atoms with Gasteiger partial charge in [0.25, 0.3) is 0 Å². The molecule has 0 bridgehead atoms. The van der Waals surface area contributed by atoms with Gasteiger partial charge in [-0.3, -0.25) is 9.59 Å².